The molecule has 0 saturated heterocycles. The average Bonchev–Trinajstić information content (AvgIpc) is 2.62. The summed E-state index contributed by atoms with van der Waals surface area (Å²) >= 11 is 0. The number of carbonyl (C=O) groups is 2. The van der Waals surface area contributed by atoms with Crippen molar-refractivity contribution in [3.05, 3.63) is 46.8 Å². The molecule has 1 amide bonds. The van der Waals surface area contributed by atoms with Gasteiger partial charge in [-0.25, -0.2) is 4.85 Å². The van der Waals surface area contributed by atoms with E-state index in [1.165, 1.54) is 17.9 Å². The second-order valence-corrected chi connectivity index (χ2v) is 6.22. The van der Waals surface area contributed by atoms with Crippen LogP contribution in [0.1, 0.15) is 49.8 Å². The van der Waals surface area contributed by atoms with Crippen LogP contribution in [0.15, 0.2) is 24.3 Å². The van der Waals surface area contributed by atoms with Crippen LogP contribution in [0.25, 0.3) is 4.85 Å². The number of aryl methyl sites for hydroxylation is 1. The molecular weight excluding hydrogens is 348 g/mol. The number of hydrogen-bond donors (Lipinski definition) is 3. The average molecular weight is 374 g/mol. The number of benzene rings is 1. The smallest absolute Gasteiger partial charge is 0.303 e. The first-order valence-electron chi connectivity index (χ1n) is 8.77. The van der Waals surface area contributed by atoms with Crippen LogP contribution >= 0.6 is 0 Å². The maximum absolute atomic E-state index is 12.1. The van der Waals surface area contributed by atoms with Gasteiger partial charge in [-0.3, -0.25) is 9.59 Å². The summed E-state index contributed by atoms with van der Waals surface area (Å²) in [4.78, 5) is 27.5. The zero-order valence-corrected chi connectivity index (χ0v) is 15.7. The summed E-state index contributed by atoms with van der Waals surface area (Å²) in [7, 11) is 0. The van der Waals surface area contributed by atoms with Crippen molar-refractivity contribution in [3.63, 3.8) is 0 Å². The topological polar surface area (TPSA) is 102 Å². The van der Waals surface area contributed by atoms with Gasteiger partial charge in [-0.05, 0) is 49.4 Å². The molecule has 27 heavy (non-hydrogen) atoms. The van der Waals surface area contributed by atoms with Crippen LogP contribution in [0.2, 0.25) is 0 Å². The SMILES string of the molecule is [C-]#[N+]c1cc(C(O)CO)c(C)cc1N(CC/C=C\CCCC(=O)O)C(C)=O. The van der Waals surface area contributed by atoms with Gasteiger partial charge in [-0.2, -0.15) is 0 Å². The van der Waals surface area contributed by atoms with Gasteiger partial charge in [0.25, 0.3) is 0 Å². The van der Waals surface area contributed by atoms with Gasteiger partial charge >= 0.3 is 5.97 Å². The molecule has 1 atom stereocenters. The third kappa shape index (κ3) is 6.85. The van der Waals surface area contributed by atoms with Crippen molar-refractivity contribution >= 4 is 23.3 Å². The Balaban J connectivity index is 2.90. The van der Waals surface area contributed by atoms with Crippen molar-refractivity contribution in [2.45, 2.75) is 45.6 Å². The van der Waals surface area contributed by atoms with Crippen molar-refractivity contribution in [3.8, 4) is 0 Å². The van der Waals surface area contributed by atoms with Crippen LogP contribution in [-0.4, -0.2) is 40.3 Å². The monoisotopic (exact) mass is 374 g/mol. The van der Waals surface area contributed by atoms with E-state index in [1.807, 2.05) is 12.2 Å². The summed E-state index contributed by atoms with van der Waals surface area (Å²) in [6.07, 6.45) is 4.65. The first-order chi connectivity index (χ1) is 12.8. The standard InChI is InChI=1S/C20H26N2O5/c1-14-11-18(17(21-3)12-16(14)19(25)13-23)22(15(2)24)10-8-6-4-5-7-9-20(26)27/h4,6,11-12,19,23,25H,5,7-10,13H2,1-2H3,(H,26,27)/b6-4-. The number of carboxylic acid groups (broad SMARTS) is 1. The Morgan fingerprint density at radius 3 is 2.52 bits per heavy atom. The Morgan fingerprint density at radius 1 is 1.30 bits per heavy atom. The third-order valence-corrected chi connectivity index (χ3v) is 4.13. The van der Waals surface area contributed by atoms with E-state index in [2.05, 4.69) is 4.85 Å². The van der Waals surface area contributed by atoms with E-state index in [1.54, 1.807) is 13.0 Å². The fraction of sp³-hybridized carbons (Fsp3) is 0.450. The molecule has 1 aromatic carbocycles. The highest BCUT2D eigenvalue weighted by atomic mass is 16.4. The van der Waals surface area contributed by atoms with Crippen LogP contribution in [0.3, 0.4) is 0 Å². The van der Waals surface area contributed by atoms with Gasteiger partial charge in [0, 0.05) is 25.6 Å². The maximum atomic E-state index is 12.1. The zero-order valence-electron chi connectivity index (χ0n) is 15.7. The van der Waals surface area contributed by atoms with Crippen molar-refractivity contribution in [2.24, 2.45) is 0 Å². The number of unbranched alkanes of at least 4 members (excludes halogenated alkanes) is 1. The number of anilines is 1. The third-order valence-electron chi connectivity index (χ3n) is 4.13. The van der Waals surface area contributed by atoms with Crippen molar-refractivity contribution in [1.82, 2.24) is 0 Å². The molecule has 0 aliphatic rings. The Hall–Kier alpha value is -2.69. The van der Waals surface area contributed by atoms with Gasteiger partial charge in [-0.1, -0.05) is 12.2 Å². The van der Waals surface area contributed by atoms with E-state index >= 15 is 0 Å². The molecule has 1 unspecified atom stereocenters. The minimum absolute atomic E-state index is 0.129. The predicted octanol–water partition coefficient (Wildman–Crippen LogP) is 3.13. The number of nitrogens with zero attached hydrogens (tertiary/aromatic N) is 2. The molecule has 0 fully saturated rings. The summed E-state index contributed by atoms with van der Waals surface area (Å²) in [5.41, 5.74) is 1.87. The molecule has 0 bridgehead atoms. The molecule has 1 aromatic rings. The highest BCUT2D eigenvalue weighted by Gasteiger charge is 2.19. The second-order valence-electron chi connectivity index (χ2n) is 6.22. The second kappa shape index (κ2) is 11.1. The van der Waals surface area contributed by atoms with E-state index in [4.69, 9.17) is 16.8 Å². The van der Waals surface area contributed by atoms with Gasteiger partial charge in [-0.15, -0.1) is 0 Å². The molecule has 7 nitrogen and oxygen atoms in total. The van der Waals surface area contributed by atoms with Gasteiger partial charge in [0.05, 0.1) is 13.2 Å². The van der Waals surface area contributed by atoms with Gasteiger partial charge < -0.3 is 20.2 Å². The molecule has 1 rings (SSSR count). The molecule has 0 saturated carbocycles. The van der Waals surface area contributed by atoms with Crippen molar-refractivity contribution in [2.75, 3.05) is 18.1 Å². The molecule has 0 aromatic heterocycles. The van der Waals surface area contributed by atoms with Gasteiger partial charge in [0.1, 0.15) is 6.10 Å². The highest BCUT2D eigenvalue weighted by Crippen LogP contribution is 2.34. The lowest BCUT2D eigenvalue weighted by molar-refractivity contribution is -0.137. The van der Waals surface area contributed by atoms with Crippen molar-refractivity contribution < 1.29 is 24.9 Å². The summed E-state index contributed by atoms with van der Waals surface area (Å²) in [5.74, 6) is -1.02. The summed E-state index contributed by atoms with van der Waals surface area (Å²) < 4.78 is 0. The molecule has 0 aliphatic heterocycles. The van der Waals surface area contributed by atoms with E-state index in [-0.39, 0.29) is 18.0 Å². The first kappa shape index (κ1) is 22.4. The number of rotatable bonds is 10. The number of carbonyl (C=O) groups excluding carboxylic acids is 1. The quantitative estimate of drug-likeness (QED) is 0.332. The van der Waals surface area contributed by atoms with E-state index in [0.717, 1.165) is 0 Å². The minimum atomic E-state index is -1.07. The molecule has 0 spiro atoms. The molecule has 0 aliphatic carbocycles. The van der Waals surface area contributed by atoms with Gasteiger partial charge in [0.2, 0.25) is 11.6 Å². The van der Waals surface area contributed by atoms with Crippen LogP contribution in [-0.2, 0) is 9.59 Å². The number of allylic oxidation sites excluding steroid dienone is 1. The number of carboxylic acids is 1. The van der Waals surface area contributed by atoms with Crippen LogP contribution in [0.4, 0.5) is 11.4 Å². The first-order valence-corrected chi connectivity index (χ1v) is 8.77. The maximum Gasteiger partial charge on any atom is 0.303 e. The molecule has 7 heteroatoms. The predicted molar refractivity (Wildman–Crippen MR) is 103 cm³/mol. The van der Waals surface area contributed by atoms with Gasteiger partial charge in [0.15, 0.2) is 0 Å². The molecule has 0 heterocycles. The van der Waals surface area contributed by atoms with Crippen LogP contribution < -0.4 is 4.90 Å². The fourth-order valence-corrected chi connectivity index (χ4v) is 2.72. The fourth-order valence-electron chi connectivity index (χ4n) is 2.72. The summed E-state index contributed by atoms with van der Waals surface area (Å²) in [6.45, 7) is 10.5. The number of aliphatic carboxylic acids is 1. The van der Waals surface area contributed by atoms with Crippen LogP contribution in [0.5, 0.6) is 0 Å². The minimum Gasteiger partial charge on any atom is -0.481 e. The molecule has 146 valence electrons. The Kier molecular flexibility index (Phi) is 9.20. The van der Waals surface area contributed by atoms with Crippen molar-refractivity contribution in [1.29, 1.82) is 0 Å². The molecular formula is C20H26N2O5. The van der Waals surface area contributed by atoms with E-state index in [9.17, 15) is 14.7 Å². The lowest BCUT2D eigenvalue weighted by Gasteiger charge is -2.24. The largest absolute Gasteiger partial charge is 0.481 e. The Bertz CT molecular complexity index is 737. The Labute approximate surface area is 159 Å². The lowest BCUT2D eigenvalue weighted by atomic mass is 10.0. The Morgan fingerprint density at radius 2 is 1.96 bits per heavy atom. The number of amides is 1. The number of hydrogen-bond acceptors (Lipinski definition) is 4. The lowest BCUT2D eigenvalue weighted by Crippen LogP contribution is -2.29. The number of aliphatic hydroxyl groups excluding tert-OH is 2. The normalized spacial score (nSPS) is 12.0. The van der Waals surface area contributed by atoms with E-state index < -0.39 is 18.7 Å². The summed E-state index contributed by atoms with van der Waals surface area (Å²) in [5, 5.41) is 27.6. The number of aliphatic hydroxyl groups is 2. The molecule has 0 radical (unpaired) electrons. The van der Waals surface area contributed by atoms with Crippen LogP contribution in [0, 0.1) is 13.5 Å². The zero-order chi connectivity index (χ0) is 20.4. The van der Waals surface area contributed by atoms with E-state index in [0.29, 0.717) is 42.6 Å². The highest BCUT2D eigenvalue weighted by molar-refractivity contribution is 5.95. The molecule has 3 N–H and O–H groups in total. The summed E-state index contributed by atoms with van der Waals surface area (Å²) in [6, 6.07) is 3.19.